The van der Waals surface area contributed by atoms with Gasteiger partial charge in [-0.1, -0.05) is 30.3 Å². The van der Waals surface area contributed by atoms with Gasteiger partial charge < -0.3 is 10.6 Å². The second kappa shape index (κ2) is 5.56. The maximum absolute atomic E-state index is 13.2. The Bertz CT molecular complexity index is 646. The van der Waals surface area contributed by atoms with Crippen LogP contribution in [-0.2, 0) is 11.2 Å². The summed E-state index contributed by atoms with van der Waals surface area (Å²) in [5.41, 5.74) is 2.92. The molecule has 0 fully saturated rings. The largest absolute Gasteiger partial charge is 0.373 e. The van der Waals surface area contributed by atoms with Gasteiger partial charge in [0.2, 0.25) is 5.91 Å². The highest BCUT2D eigenvalue weighted by Crippen LogP contribution is 2.25. The highest BCUT2D eigenvalue weighted by atomic mass is 19.1. The number of amides is 1. The van der Waals surface area contributed by atoms with E-state index in [-0.39, 0.29) is 23.8 Å². The molecule has 2 N–H and O–H groups in total. The molecule has 0 unspecified atom stereocenters. The molecular weight excluding hydrogens is 267 g/mol. The van der Waals surface area contributed by atoms with E-state index in [4.69, 9.17) is 0 Å². The van der Waals surface area contributed by atoms with Crippen molar-refractivity contribution in [3.05, 3.63) is 65.5 Å². The smallest absolute Gasteiger partial charge is 0.243 e. The Kier molecular flexibility index (Phi) is 3.60. The Labute approximate surface area is 123 Å². The Morgan fingerprint density at radius 1 is 1.29 bits per heavy atom. The van der Waals surface area contributed by atoms with Crippen LogP contribution >= 0.6 is 0 Å². The van der Waals surface area contributed by atoms with Crippen LogP contribution in [0.3, 0.4) is 0 Å². The second-order valence-corrected chi connectivity index (χ2v) is 5.34. The minimum Gasteiger partial charge on any atom is -0.373 e. The van der Waals surface area contributed by atoms with Gasteiger partial charge in [-0.2, -0.15) is 0 Å². The van der Waals surface area contributed by atoms with E-state index in [1.54, 1.807) is 6.07 Å². The number of hydrogen-bond donors (Lipinski definition) is 2. The average molecular weight is 284 g/mol. The van der Waals surface area contributed by atoms with E-state index in [2.05, 4.69) is 10.6 Å². The molecule has 2 aromatic carbocycles. The van der Waals surface area contributed by atoms with Gasteiger partial charge in [0.05, 0.1) is 6.04 Å². The summed E-state index contributed by atoms with van der Waals surface area (Å²) in [6.07, 6.45) is 0.678. The predicted octanol–water partition coefficient (Wildman–Crippen LogP) is 3.04. The molecule has 0 radical (unpaired) electrons. The Balaban J connectivity index is 1.65. The molecule has 0 bridgehead atoms. The first kappa shape index (κ1) is 13.6. The second-order valence-electron chi connectivity index (χ2n) is 5.34. The summed E-state index contributed by atoms with van der Waals surface area (Å²) in [6.45, 7) is 1.86. The van der Waals surface area contributed by atoms with Crippen molar-refractivity contribution in [2.24, 2.45) is 0 Å². The summed E-state index contributed by atoms with van der Waals surface area (Å²) in [5.74, 6) is -0.358. The minimum absolute atomic E-state index is 0.0667. The molecule has 1 aliphatic rings. The van der Waals surface area contributed by atoms with Crippen molar-refractivity contribution in [3.63, 3.8) is 0 Å². The summed E-state index contributed by atoms with van der Waals surface area (Å²) < 4.78 is 13.2. The molecule has 3 rings (SSSR count). The monoisotopic (exact) mass is 284 g/mol. The summed E-state index contributed by atoms with van der Waals surface area (Å²) in [5, 5.41) is 6.15. The molecule has 2 aromatic rings. The van der Waals surface area contributed by atoms with Gasteiger partial charge in [-0.15, -0.1) is 0 Å². The van der Waals surface area contributed by atoms with Crippen LogP contribution in [0.5, 0.6) is 0 Å². The van der Waals surface area contributed by atoms with Crippen LogP contribution < -0.4 is 10.6 Å². The fourth-order valence-electron chi connectivity index (χ4n) is 2.63. The number of benzene rings is 2. The summed E-state index contributed by atoms with van der Waals surface area (Å²) in [4.78, 5) is 12.3. The summed E-state index contributed by atoms with van der Waals surface area (Å²) >= 11 is 0. The third-order valence-corrected chi connectivity index (χ3v) is 3.80. The first-order valence-corrected chi connectivity index (χ1v) is 7.04. The quantitative estimate of drug-likeness (QED) is 0.909. The lowest BCUT2D eigenvalue weighted by Gasteiger charge is -2.18. The van der Waals surface area contributed by atoms with Crippen LogP contribution in [0.4, 0.5) is 10.1 Å². The highest BCUT2D eigenvalue weighted by Gasteiger charge is 2.27. The molecule has 0 saturated heterocycles. The Morgan fingerprint density at radius 3 is 2.86 bits per heavy atom. The molecular formula is C17H17FN2O. The van der Waals surface area contributed by atoms with E-state index in [0.29, 0.717) is 6.42 Å². The summed E-state index contributed by atoms with van der Waals surface area (Å²) in [7, 11) is 0. The average Bonchev–Trinajstić information content (AvgIpc) is 2.91. The SMILES string of the molecule is C[C@@H](NC(=O)[C@@H]1Cc2ccccc2N1)c1cccc(F)c1. The van der Waals surface area contributed by atoms with Gasteiger partial charge in [0.1, 0.15) is 11.9 Å². The number of fused-ring (bicyclic) bond motifs is 1. The number of para-hydroxylation sites is 1. The molecule has 108 valence electrons. The van der Waals surface area contributed by atoms with Crippen LogP contribution in [0.25, 0.3) is 0 Å². The van der Waals surface area contributed by atoms with Gasteiger partial charge >= 0.3 is 0 Å². The van der Waals surface area contributed by atoms with Gasteiger partial charge in [0.25, 0.3) is 0 Å². The van der Waals surface area contributed by atoms with Crippen LogP contribution in [0.1, 0.15) is 24.1 Å². The van der Waals surface area contributed by atoms with Crippen molar-refractivity contribution in [2.75, 3.05) is 5.32 Å². The maximum Gasteiger partial charge on any atom is 0.243 e. The molecule has 3 nitrogen and oxygen atoms in total. The number of nitrogens with one attached hydrogen (secondary N) is 2. The van der Waals surface area contributed by atoms with Crippen LogP contribution in [0, 0.1) is 5.82 Å². The molecule has 0 aliphatic carbocycles. The van der Waals surface area contributed by atoms with Crippen molar-refractivity contribution in [1.29, 1.82) is 0 Å². The van der Waals surface area contributed by atoms with Crippen LogP contribution in [0.2, 0.25) is 0 Å². The predicted molar refractivity (Wildman–Crippen MR) is 80.5 cm³/mol. The van der Waals surface area contributed by atoms with Gasteiger partial charge in [0, 0.05) is 12.1 Å². The fraction of sp³-hybridized carbons (Fsp3) is 0.235. The van der Waals surface area contributed by atoms with Crippen molar-refractivity contribution in [2.45, 2.75) is 25.4 Å². The lowest BCUT2D eigenvalue weighted by molar-refractivity contribution is -0.122. The van der Waals surface area contributed by atoms with Crippen molar-refractivity contribution < 1.29 is 9.18 Å². The van der Waals surface area contributed by atoms with Gasteiger partial charge in [-0.3, -0.25) is 4.79 Å². The van der Waals surface area contributed by atoms with Crippen LogP contribution in [-0.4, -0.2) is 11.9 Å². The topological polar surface area (TPSA) is 41.1 Å². The van der Waals surface area contributed by atoms with E-state index >= 15 is 0 Å². The van der Waals surface area contributed by atoms with E-state index < -0.39 is 0 Å². The maximum atomic E-state index is 13.2. The van der Waals surface area contributed by atoms with Gasteiger partial charge in [0.15, 0.2) is 0 Å². The third-order valence-electron chi connectivity index (χ3n) is 3.80. The first-order chi connectivity index (χ1) is 10.1. The zero-order valence-electron chi connectivity index (χ0n) is 11.8. The number of rotatable bonds is 3. The first-order valence-electron chi connectivity index (χ1n) is 7.04. The number of carbonyl (C=O) groups excluding carboxylic acids is 1. The van der Waals surface area contributed by atoms with E-state index in [1.807, 2.05) is 37.3 Å². The molecule has 0 aromatic heterocycles. The molecule has 2 atom stereocenters. The fourth-order valence-corrected chi connectivity index (χ4v) is 2.63. The molecule has 1 heterocycles. The zero-order valence-corrected chi connectivity index (χ0v) is 11.8. The van der Waals surface area contributed by atoms with Crippen molar-refractivity contribution >= 4 is 11.6 Å². The van der Waals surface area contributed by atoms with E-state index in [9.17, 15) is 9.18 Å². The Morgan fingerprint density at radius 2 is 2.10 bits per heavy atom. The molecule has 1 aliphatic heterocycles. The molecule has 0 spiro atoms. The number of hydrogen-bond acceptors (Lipinski definition) is 2. The van der Waals surface area contributed by atoms with E-state index in [0.717, 1.165) is 16.8 Å². The van der Waals surface area contributed by atoms with Crippen LogP contribution in [0.15, 0.2) is 48.5 Å². The number of anilines is 1. The number of halogens is 1. The number of carbonyl (C=O) groups is 1. The molecule has 21 heavy (non-hydrogen) atoms. The standard InChI is InChI=1S/C17H17FN2O/c1-11(12-6-4-7-14(18)9-12)19-17(21)16-10-13-5-2-3-8-15(13)20-16/h2-9,11,16,20H,10H2,1H3,(H,19,21)/t11-,16+/m1/s1. The van der Waals surface area contributed by atoms with E-state index in [1.165, 1.54) is 12.1 Å². The van der Waals surface area contributed by atoms with Gasteiger partial charge in [-0.05, 0) is 36.2 Å². The molecule has 4 heteroatoms. The van der Waals surface area contributed by atoms with Crippen molar-refractivity contribution in [3.8, 4) is 0 Å². The molecule has 0 saturated carbocycles. The normalized spacial score (nSPS) is 17.7. The highest BCUT2D eigenvalue weighted by molar-refractivity contribution is 5.87. The third kappa shape index (κ3) is 2.89. The lowest BCUT2D eigenvalue weighted by atomic mass is 10.1. The zero-order chi connectivity index (χ0) is 14.8. The summed E-state index contributed by atoms with van der Waals surface area (Å²) in [6, 6.07) is 13.7. The van der Waals surface area contributed by atoms with Crippen molar-refractivity contribution in [1.82, 2.24) is 5.32 Å². The van der Waals surface area contributed by atoms with Gasteiger partial charge in [-0.25, -0.2) is 4.39 Å². The Hall–Kier alpha value is -2.36. The lowest BCUT2D eigenvalue weighted by Crippen LogP contribution is -2.39. The minimum atomic E-state index is -0.292. The molecule has 1 amide bonds.